The molecule has 3 rings (SSSR count). The van der Waals surface area contributed by atoms with Gasteiger partial charge in [-0.1, -0.05) is 24.4 Å². The highest BCUT2D eigenvalue weighted by molar-refractivity contribution is 6.30. The molecule has 2 nitrogen and oxygen atoms in total. The zero-order valence-electron chi connectivity index (χ0n) is 10.2. The predicted octanol–water partition coefficient (Wildman–Crippen LogP) is 3.52. The molecule has 0 amide bonds. The van der Waals surface area contributed by atoms with Crippen LogP contribution >= 0.6 is 11.6 Å². The van der Waals surface area contributed by atoms with Crippen molar-refractivity contribution in [2.75, 3.05) is 0 Å². The molecule has 1 aromatic carbocycles. The van der Waals surface area contributed by atoms with E-state index in [-0.39, 0.29) is 22.6 Å². The molecule has 2 aliphatic carbocycles. The molecule has 2 saturated carbocycles. The third-order valence-electron chi connectivity index (χ3n) is 4.55. The molecule has 2 aliphatic rings. The lowest BCUT2D eigenvalue weighted by Gasteiger charge is -2.52. The Morgan fingerprint density at radius 3 is 2.67 bits per heavy atom. The van der Waals surface area contributed by atoms with Gasteiger partial charge >= 0.3 is 0 Å². The Morgan fingerprint density at radius 1 is 1.33 bits per heavy atom. The Morgan fingerprint density at radius 2 is 2.06 bits per heavy atom. The number of benzene rings is 1. The molecule has 0 bridgehead atoms. The molecule has 2 fully saturated rings. The van der Waals surface area contributed by atoms with Gasteiger partial charge in [-0.3, -0.25) is 0 Å². The Kier molecular flexibility index (Phi) is 2.99. The molecule has 2 atom stereocenters. The molecule has 4 heteroatoms. The van der Waals surface area contributed by atoms with Gasteiger partial charge in [-0.25, -0.2) is 4.39 Å². The maximum absolute atomic E-state index is 13.1. The van der Waals surface area contributed by atoms with E-state index in [1.165, 1.54) is 18.9 Å². The van der Waals surface area contributed by atoms with Crippen molar-refractivity contribution in [2.24, 2.45) is 11.1 Å². The minimum Gasteiger partial charge on any atom is -0.490 e. The highest BCUT2D eigenvalue weighted by atomic mass is 35.5. The van der Waals surface area contributed by atoms with Gasteiger partial charge < -0.3 is 10.5 Å². The standard InChI is InChI=1S/C14H17ClFNO/c15-10-7-9(3-4-11(10)16)18-13-8-12(17)14(13)5-1-2-6-14/h3-4,7,12-13H,1-2,5-6,8,17H2. The minimum atomic E-state index is -0.412. The van der Waals surface area contributed by atoms with Crippen LogP contribution in [0.2, 0.25) is 5.02 Å². The highest BCUT2D eigenvalue weighted by Gasteiger charge is 2.56. The van der Waals surface area contributed by atoms with Crippen molar-refractivity contribution in [3.8, 4) is 5.75 Å². The van der Waals surface area contributed by atoms with Gasteiger partial charge in [0.15, 0.2) is 0 Å². The van der Waals surface area contributed by atoms with Crippen LogP contribution in [-0.4, -0.2) is 12.1 Å². The zero-order valence-corrected chi connectivity index (χ0v) is 10.9. The van der Waals surface area contributed by atoms with Gasteiger partial charge in [0, 0.05) is 23.9 Å². The molecule has 0 aliphatic heterocycles. The molecule has 1 aromatic rings. The van der Waals surface area contributed by atoms with Crippen LogP contribution in [0.1, 0.15) is 32.1 Å². The molecule has 98 valence electrons. The van der Waals surface area contributed by atoms with Gasteiger partial charge in [0.1, 0.15) is 17.7 Å². The lowest BCUT2D eigenvalue weighted by atomic mass is 9.61. The lowest BCUT2D eigenvalue weighted by Crippen LogP contribution is -2.62. The largest absolute Gasteiger partial charge is 0.490 e. The fourth-order valence-corrected chi connectivity index (χ4v) is 3.55. The van der Waals surface area contributed by atoms with Gasteiger partial charge in [-0.15, -0.1) is 0 Å². The number of hydrogen-bond acceptors (Lipinski definition) is 2. The topological polar surface area (TPSA) is 35.2 Å². The first-order valence-electron chi connectivity index (χ1n) is 6.49. The van der Waals surface area contributed by atoms with E-state index in [0.29, 0.717) is 5.75 Å². The van der Waals surface area contributed by atoms with E-state index < -0.39 is 5.82 Å². The van der Waals surface area contributed by atoms with Crippen LogP contribution in [0.3, 0.4) is 0 Å². The van der Waals surface area contributed by atoms with Crippen molar-refractivity contribution in [1.82, 2.24) is 0 Å². The monoisotopic (exact) mass is 269 g/mol. The van der Waals surface area contributed by atoms with Gasteiger partial charge in [-0.05, 0) is 25.0 Å². The molecular formula is C14H17ClFNO. The third-order valence-corrected chi connectivity index (χ3v) is 4.84. The van der Waals surface area contributed by atoms with Crippen LogP contribution in [-0.2, 0) is 0 Å². The van der Waals surface area contributed by atoms with Gasteiger partial charge in [0.25, 0.3) is 0 Å². The molecule has 0 heterocycles. The minimum absolute atomic E-state index is 0.108. The van der Waals surface area contributed by atoms with E-state index in [0.717, 1.165) is 19.3 Å². The highest BCUT2D eigenvalue weighted by Crippen LogP contribution is 2.53. The molecular weight excluding hydrogens is 253 g/mol. The summed E-state index contributed by atoms with van der Waals surface area (Å²) >= 11 is 5.76. The molecule has 18 heavy (non-hydrogen) atoms. The van der Waals surface area contributed by atoms with Crippen molar-refractivity contribution >= 4 is 11.6 Å². The molecule has 0 radical (unpaired) electrons. The lowest BCUT2D eigenvalue weighted by molar-refractivity contribution is -0.0620. The molecule has 2 N–H and O–H groups in total. The average molecular weight is 270 g/mol. The summed E-state index contributed by atoms with van der Waals surface area (Å²) in [6, 6.07) is 4.77. The first-order valence-corrected chi connectivity index (χ1v) is 6.87. The van der Waals surface area contributed by atoms with Crippen LogP contribution in [0.15, 0.2) is 18.2 Å². The first kappa shape index (κ1) is 12.2. The van der Waals surface area contributed by atoms with Crippen molar-refractivity contribution in [1.29, 1.82) is 0 Å². The van der Waals surface area contributed by atoms with Gasteiger partial charge in [-0.2, -0.15) is 0 Å². The Balaban J connectivity index is 1.75. The second-order valence-electron chi connectivity index (χ2n) is 5.46. The van der Waals surface area contributed by atoms with E-state index in [4.69, 9.17) is 22.1 Å². The van der Waals surface area contributed by atoms with Crippen molar-refractivity contribution in [3.05, 3.63) is 29.0 Å². The molecule has 0 saturated heterocycles. The number of hydrogen-bond donors (Lipinski definition) is 1. The number of halogens is 2. The summed E-state index contributed by atoms with van der Waals surface area (Å²) in [6.07, 6.45) is 5.81. The fourth-order valence-electron chi connectivity index (χ4n) is 3.38. The summed E-state index contributed by atoms with van der Waals surface area (Å²) in [6.45, 7) is 0. The predicted molar refractivity (Wildman–Crippen MR) is 69.3 cm³/mol. The molecule has 0 aromatic heterocycles. The summed E-state index contributed by atoms with van der Waals surface area (Å²) < 4.78 is 19.0. The van der Waals surface area contributed by atoms with Crippen LogP contribution in [0.25, 0.3) is 0 Å². The van der Waals surface area contributed by atoms with Crippen LogP contribution in [0.4, 0.5) is 4.39 Å². The summed E-state index contributed by atoms with van der Waals surface area (Å²) in [5.74, 6) is 0.231. The van der Waals surface area contributed by atoms with E-state index in [9.17, 15) is 4.39 Å². The van der Waals surface area contributed by atoms with E-state index >= 15 is 0 Å². The Labute approximate surface area is 111 Å². The quantitative estimate of drug-likeness (QED) is 0.892. The first-order chi connectivity index (χ1) is 8.62. The van der Waals surface area contributed by atoms with E-state index in [1.807, 2.05) is 0 Å². The maximum Gasteiger partial charge on any atom is 0.142 e. The van der Waals surface area contributed by atoms with Gasteiger partial charge in [0.05, 0.1) is 5.02 Å². The number of nitrogens with two attached hydrogens (primary N) is 1. The summed E-state index contributed by atoms with van der Waals surface area (Å²) in [4.78, 5) is 0. The van der Waals surface area contributed by atoms with E-state index in [1.54, 1.807) is 12.1 Å². The summed E-state index contributed by atoms with van der Waals surface area (Å²) in [5.41, 5.74) is 6.30. The van der Waals surface area contributed by atoms with Crippen LogP contribution in [0.5, 0.6) is 5.75 Å². The summed E-state index contributed by atoms with van der Waals surface area (Å²) in [7, 11) is 0. The van der Waals surface area contributed by atoms with Crippen molar-refractivity contribution in [2.45, 2.75) is 44.2 Å². The van der Waals surface area contributed by atoms with Crippen LogP contribution < -0.4 is 10.5 Å². The smallest absolute Gasteiger partial charge is 0.142 e. The number of ether oxygens (including phenoxy) is 1. The number of rotatable bonds is 2. The SMILES string of the molecule is NC1CC(Oc2ccc(F)c(Cl)c2)C12CCCC2. The van der Waals surface area contributed by atoms with Crippen LogP contribution in [0, 0.1) is 11.2 Å². The Hall–Kier alpha value is -0.800. The van der Waals surface area contributed by atoms with Crippen molar-refractivity contribution < 1.29 is 9.13 Å². The van der Waals surface area contributed by atoms with Crippen molar-refractivity contribution in [3.63, 3.8) is 0 Å². The van der Waals surface area contributed by atoms with E-state index in [2.05, 4.69) is 0 Å². The average Bonchev–Trinajstić information content (AvgIpc) is 2.85. The Bertz CT molecular complexity index is 459. The second-order valence-corrected chi connectivity index (χ2v) is 5.87. The second kappa shape index (κ2) is 4.39. The summed E-state index contributed by atoms with van der Waals surface area (Å²) in [5, 5.41) is 0.108. The molecule has 1 spiro atoms. The molecule has 2 unspecified atom stereocenters. The normalized spacial score (nSPS) is 29.3. The maximum atomic E-state index is 13.1. The zero-order chi connectivity index (χ0) is 12.8. The fraction of sp³-hybridized carbons (Fsp3) is 0.571. The third kappa shape index (κ3) is 1.81. The van der Waals surface area contributed by atoms with Gasteiger partial charge in [0.2, 0.25) is 0 Å².